The van der Waals surface area contributed by atoms with E-state index in [1.54, 1.807) is 31.5 Å². The number of nitrogens with zero attached hydrogens (tertiary/aromatic N) is 3. The van der Waals surface area contributed by atoms with Crippen molar-refractivity contribution < 1.29 is 13.2 Å². The van der Waals surface area contributed by atoms with E-state index in [-0.39, 0.29) is 17.1 Å². The number of carbonyl (C=O) groups excluding carboxylic acids is 1. The number of nitrogens with one attached hydrogen (secondary N) is 1. The molecule has 0 aromatic carbocycles. The molecular weight excluding hydrogens is 344 g/mol. The third kappa shape index (κ3) is 3.60. The Labute approximate surface area is 144 Å². The van der Waals surface area contributed by atoms with Gasteiger partial charge in [-0.25, -0.2) is 13.4 Å². The van der Waals surface area contributed by atoms with Crippen molar-refractivity contribution in [1.82, 2.24) is 19.9 Å². The number of aromatic nitrogens is 3. The number of pyridine rings is 1. The van der Waals surface area contributed by atoms with Gasteiger partial charge in [0.05, 0.1) is 11.5 Å². The summed E-state index contributed by atoms with van der Waals surface area (Å²) >= 11 is 0. The highest BCUT2D eigenvalue weighted by Gasteiger charge is 2.35. The molecule has 0 radical (unpaired) electrons. The van der Waals surface area contributed by atoms with Gasteiger partial charge < -0.3 is 9.88 Å². The van der Waals surface area contributed by atoms with Crippen molar-refractivity contribution in [3.05, 3.63) is 46.6 Å². The van der Waals surface area contributed by atoms with Gasteiger partial charge in [-0.2, -0.15) is 0 Å². The first-order chi connectivity index (χ1) is 11.9. The SMILES string of the molecule is CCN(C(=O)c1cnc(-c2cccnc2)[nH]c1=O)C1CCS(=O)(=O)C1. The zero-order chi connectivity index (χ0) is 18.0. The van der Waals surface area contributed by atoms with Crippen LogP contribution in [0.25, 0.3) is 11.4 Å². The topological polar surface area (TPSA) is 113 Å². The largest absolute Gasteiger partial charge is 0.335 e. The minimum Gasteiger partial charge on any atom is -0.335 e. The summed E-state index contributed by atoms with van der Waals surface area (Å²) in [5, 5.41) is 0. The molecule has 8 nitrogen and oxygen atoms in total. The molecule has 2 aromatic heterocycles. The first-order valence-corrected chi connectivity index (χ1v) is 9.74. The van der Waals surface area contributed by atoms with Crippen LogP contribution < -0.4 is 5.56 Å². The van der Waals surface area contributed by atoms with E-state index in [0.29, 0.717) is 24.4 Å². The standard InChI is InChI=1S/C16H18N4O4S/c1-2-20(12-5-7-25(23,24)10-12)16(22)13-9-18-14(19-15(13)21)11-4-3-6-17-8-11/h3-4,6,8-9,12H,2,5,7,10H2,1H3,(H,18,19,21). The Morgan fingerprint density at radius 2 is 2.20 bits per heavy atom. The third-order valence-corrected chi connectivity index (χ3v) is 5.97. The third-order valence-electron chi connectivity index (χ3n) is 4.22. The average Bonchev–Trinajstić information content (AvgIpc) is 2.95. The summed E-state index contributed by atoms with van der Waals surface area (Å²) < 4.78 is 23.3. The molecule has 1 amide bonds. The smallest absolute Gasteiger partial charge is 0.264 e. The molecule has 2 aromatic rings. The first-order valence-electron chi connectivity index (χ1n) is 7.92. The number of sulfone groups is 1. The fourth-order valence-corrected chi connectivity index (χ4v) is 4.67. The molecule has 1 atom stereocenters. The summed E-state index contributed by atoms with van der Waals surface area (Å²) in [5.41, 5.74) is -0.0234. The Balaban J connectivity index is 1.88. The normalized spacial score (nSPS) is 18.8. The Kier molecular flexibility index (Phi) is 4.67. The molecule has 9 heteroatoms. The molecule has 1 aliphatic heterocycles. The van der Waals surface area contributed by atoms with Crippen LogP contribution in [0.5, 0.6) is 0 Å². The molecule has 1 N–H and O–H groups in total. The van der Waals surface area contributed by atoms with Gasteiger partial charge in [0.25, 0.3) is 11.5 Å². The fourth-order valence-electron chi connectivity index (χ4n) is 2.94. The van der Waals surface area contributed by atoms with E-state index in [1.807, 2.05) is 0 Å². The van der Waals surface area contributed by atoms with E-state index >= 15 is 0 Å². The van der Waals surface area contributed by atoms with Crippen LogP contribution in [-0.2, 0) is 9.84 Å². The lowest BCUT2D eigenvalue weighted by atomic mass is 10.2. The molecule has 0 aliphatic carbocycles. The van der Waals surface area contributed by atoms with Crippen LogP contribution in [0.1, 0.15) is 23.7 Å². The maximum Gasteiger partial charge on any atom is 0.264 e. The quantitative estimate of drug-likeness (QED) is 0.846. The molecule has 3 rings (SSSR count). The Morgan fingerprint density at radius 1 is 1.40 bits per heavy atom. The Bertz CT molecular complexity index is 940. The number of carbonyl (C=O) groups is 1. The van der Waals surface area contributed by atoms with Gasteiger partial charge in [-0.1, -0.05) is 0 Å². The maximum atomic E-state index is 12.7. The Morgan fingerprint density at radius 3 is 2.76 bits per heavy atom. The molecule has 132 valence electrons. The minimum absolute atomic E-state index is 0.0638. The van der Waals surface area contributed by atoms with Gasteiger partial charge in [0.2, 0.25) is 0 Å². The van der Waals surface area contributed by atoms with E-state index in [9.17, 15) is 18.0 Å². The molecule has 0 spiro atoms. The van der Waals surface area contributed by atoms with Gasteiger partial charge in [0, 0.05) is 36.7 Å². The van der Waals surface area contributed by atoms with Crippen molar-refractivity contribution in [1.29, 1.82) is 0 Å². The summed E-state index contributed by atoms with van der Waals surface area (Å²) in [6, 6.07) is 3.06. The predicted molar refractivity (Wildman–Crippen MR) is 91.9 cm³/mol. The van der Waals surface area contributed by atoms with E-state index < -0.39 is 27.3 Å². The number of H-pyrrole nitrogens is 1. The van der Waals surface area contributed by atoms with Crippen LogP contribution >= 0.6 is 0 Å². The number of rotatable bonds is 4. The minimum atomic E-state index is -3.12. The number of amides is 1. The molecule has 1 aliphatic rings. The highest BCUT2D eigenvalue weighted by molar-refractivity contribution is 7.91. The number of aromatic amines is 1. The van der Waals surface area contributed by atoms with Gasteiger partial charge >= 0.3 is 0 Å². The summed E-state index contributed by atoms with van der Waals surface area (Å²) in [4.78, 5) is 37.2. The van der Waals surface area contributed by atoms with Crippen molar-refractivity contribution in [2.24, 2.45) is 0 Å². The van der Waals surface area contributed by atoms with Crippen LogP contribution in [0.3, 0.4) is 0 Å². The van der Waals surface area contributed by atoms with Crippen LogP contribution in [0, 0.1) is 0 Å². The van der Waals surface area contributed by atoms with Crippen LogP contribution in [0.2, 0.25) is 0 Å². The summed E-state index contributed by atoms with van der Waals surface area (Å²) in [6.07, 6.45) is 4.78. The second-order valence-corrected chi connectivity index (χ2v) is 8.09. The molecule has 0 saturated carbocycles. The molecule has 1 fully saturated rings. The molecule has 0 bridgehead atoms. The maximum absolute atomic E-state index is 12.7. The number of hydrogen-bond donors (Lipinski definition) is 1. The van der Waals surface area contributed by atoms with E-state index in [4.69, 9.17) is 0 Å². The van der Waals surface area contributed by atoms with Crippen molar-refractivity contribution in [2.45, 2.75) is 19.4 Å². The molecule has 1 saturated heterocycles. The summed E-state index contributed by atoms with van der Waals surface area (Å²) in [6.45, 7) is 2.08. The van der Waals surface area contributed by atoms with Crippen LogP contribution in [0.4, 0.5) is 0 Å². The van der Waals surface area contributed by atoms with Crippen molar-refractivity contribution >= 4 is 15.7 Å². The van der Waals surface area contributed by atoms with E-state index in [0.717, 1.165) is 0 Å². The lowest BCUT2D eigenvalue weighted by Crippen LogP contribution is -2.43. The van der Waals surface area contributed by atoms with Crippen LogP contribution in [0.15, 0.2) is 35.5 Å². The van der Waals surface area contributed by atoms with E-state index in [2.05, 4.69) is 15.0 Å². The first kappa shape index (κ1) is 17.3. The van der Waals surface area contributed by atoms with Gasteiger partial charge in [0.15, 0.2) is 9.84 Å². The van der Waals surface area contributed by atoms with Gasteiger partial charge in [0.1, 0.15) is 11.4 Å². The van der Waals surface area contributed by atoms with Crippen LogP contribution in [-0.4, -0.2) is 58.3 Å². The molecule has 3 heterocycles. The van der Waals surface area contributed by atoms with Gasteiger partial charge in [-0.3, -0.25) is 14.6 Å². The molecule has 25 heavy (non-hydrogen) atoms. The lowest BCUT2D eigenvalue weighted by Gasteiger charge is -2.26. The second-order valence-electron chi connectivity index (χ2n) is 5.86. The Hall–Kier alpha value is -2.55. The van der Waals surface area contributed by atoms with Gasteiger partial charge in [-0.05, 0) is 25.5 Å². The summed E-state index contributed by atoms with van der Waals surface area (Å²) in [5.74, 6) is -0.181. The summed E-state index contributed by atoms with van der Waals surface area (Å²) in [7, 11) is -3.12. The fraction of sp³-hybridized carbons (Fsp3) is 0.375. The molecular formula is C16H18N4O4S. The zero-order valence-electron chi connectivity index (χ0n) is 13.7. The monoisotopic (exact) mass is 362 g/mol. The van der Waals surface area contributed by atoms with Crippen molar-refractivity contribution in [3.8, 4) is 11.4 Å². The highest BCUT2D eigenvalue weighted by atomic mass is 32.2. The molecule has 1 unspecified atom stereocenters. The van der Waals surface area contributed by atoms with E-state index in [1.165, 1.54) is 11.1 Å². The zero-order valence-corrected chi connectivity index (χ0v) is 14.5. The lowest BCUT2D eigenvalue weighted by molar-refractivity contribution is 0.0706. The predicted octanol–water partition coefficient (Wildman–Crippen LogP) is 0.481. The average molecular weight is 362 g/mol. The number of hydrogen-bond acceptors (Lipinski definition) is 6. The van der Waals surface area contributed by atoms with Crippen molar-refractivity contribution in [3.63, 3.8) is 0 Å². The highest BCUT2D eigenvalue weighted by Crippen LogP contribution is 2.19. The van der Waals surface area contributed by atoms with Crippen molar-refractivity contribution in [2.75, 3.05) is 18.1 Å². The second kappa shape index (κ2) is 6.75. The van der Waals surface area contributed by atoms with Gasteiger partial charge in [-0.15, -0.1) is 0 Å².